The quantitative estimate of drug-likeness (QED) is 0.770. The van der Waals surface area contributed by atoms with Gasteiger partial charge in [-0.15, -0.1) is 6.58 Å². The fourth-order valence-electron chi connectivity index (χ4n) is 2.17. The van der Waals surface area contributed by atoms with Crippen LogP contribution in [0.25, 0.3) is 0 Å². The fraction of sp³-hybridized carbons (Fsp3) is 0.615. The number of hydrogen-bond acceptors (Lipinski definition) is 3. The van der Waals surface area contributed by atoms with Crippen LogP contribution in [0.3, 0.4) is 0 Å². The van der Waals surface area contributed by atoms with Crippen molar-refractivity contribution in [3.8, 4) is 0 Å². The van der Waals surface area contributed by atoms with Gasteiger partial charge in [-0.3, -0.25) is 0 Å². The summed E-state index contributed by atoms with van der Waals surface area (Å²) in [6.07, 6.45) is 4.33. The number of methoxy groups -OCH3 is 1. The average molecular weight is 235 g/mol. The highest BCUT2D eigenvalue weighted by Gasteiger charge is 2.31. The van der Waals surface area contributed by atoms with Crippen LogP contribution in [-0.2, 0) is 11.3 Å². The van der Waals surface area contributed by atoms with Crippen LogP contribution < -0.4 is 5.73 Å². The fourth-order valence-corrected chi connectivity index (χ4v) is 2.17. The molecule has 1 aliphatic carbocycles. The summed E-state index contributed by atoms with van der Waals surface area (Å²) in [5, 5.41) is 0. The zero-order chi connectivity index (χ0) is 12.4. The molecular weight excluding hydrogens is 214 g/mol. The second-order valence-electron chi connectivity index (χ2n) is 4.77. The standard InChI is InChI=1S/C13H21N3O/c1-4-7-16-12(14)11(9(2)8-17-3)15-13(16)10-5-6-10/h4,9-10H,1,5-8,14H2,2-3H3. The van der Waals surface area contributed by atoms with Crippen LogP contribution in [0.5, 0.6) is 0 Å². The highest BCUT2D eigenvalue weighted by Crippen LogP contribution is 2.41. The zero-order valence-electron chi connectivity index (χ0n) is 10.6. The van der Waals surface area contributed by atoms with Crippen LogP contribution in [0.4, 0.5) is 5.82 Å². The third-order valence-electron chi connectivity index (χ3n) is 3.20. The molecule has 0 spiro atoms. The number of nitrogens with zero attached hydrogens (tertiary/aromatic N) is 2. The monoisotopic (exact) mass is 235 g/mol. The van der Waals surface area contributed by atoms with Crippen LogP contribution >= 0.6 is 0 Å². The van der Waals surface area contributed by atoms with Gasteiger partial charge in [0.2, 0.25) is 0 Å². The number of aromatic nitrogens is 2. The van der Waals surface area contributed by atoms with Gasteiger partial charge in [-0.25, -0.2) is 4.98 Å². The van der Waals surface area contributed by atoms with E-state index in [4.69, 9.17) is 15.5 Å². The lowest BCUT2D eigenvalue weighted by Gasteiger charge is -2.09. The lowest BCUT2D eigenvalue weighted by molar-refractivity contribution is 0.183. The molecule has 0 aliphatic heterocycles. The van der Waals surface area contributed by atoms with E-state index in [-0.39, 0.29) is 5.92 Å². The Balaban J connectivity index is 2.32. The van der Waals surface area contributed by atoms with E-state index >= 15 is 0 Å². The largest absolute Gasteiger partial charge is 0.384 e. The Labute approximate surface area is 102 Å². The SMILES string of the molecule is C=CCn1c(C2CC2)nc(C(C)COC)c1N. The molecule has 1 heterocycles. The molecule has 0 radical (unpaired) electrons. The highest BCUT2D eigenvalue weighted by molar-refractivity contribution is 5.42. The first-order valence-electron chi connectivity index (χ1n) is 6.14. The summed E-state index contributed by atoms with van der Waals surface area (Å²) in [6.45, 7) is 7.27. The van der Waals surface area contributed by atoms with Gasteiger partial charge in [0.15, 0.2) is 0 Å². The number of nitrogens with two attached hydrogens (primary N) is 1. The van der Waals surface area contributed by atoms with Crippen LogP contribution in [0, 0.1) is 0 Å². The van der Waals surface area contributed by atoms with E-state index in [9.17, 15) is 0 Å². The Morgan fingerprint density at radius 3 is 2.88 bits per heavy atom. The number of rotatable bonds is 6. The first-order chi connectivity index (χ1) is 8.19. The van der Waals surface area contributed by atoms with E-state index in [1.807, 2.05) is 6.08 Å². The summed E-state index contributed by atoms with van der Waals surface area (Å²) >= 11 is 0. The summed E-state index contributed by atoms with van der Waals surface area (Å²) in [5.74, 6) is 2.74. The minimum absolute atomic E-state index is 0.239. The lowest BCUT2D eigenvalue weighted by Crippen LogP contribution is -2.08. The molecule has 1 unspecified atom stereocenters. The van der Waals surface area contributed by atoms with Gasteiger partial charge in [0.05, 0.1) is 12.3 Å². The molecule has 1 saturated carbocycles. The van der Waals surface area contributed by atoms with Gasteiger partial charge in [0, 0.05) is 25.5 Å². The van der Waals surface area contributed by atoms with Crippen molar-refractivity contribution in [2.24, 2.45) is 0 Å². The van der Waals surface area contributed by atoms with Crippen molar-refractivity contribution in [1.29, 1.82) is 0 Å². The molecule has 0 aromatic carbocycles. The van der Waals surface area contributed by atoms with Crippen molar-refractivity contribution >= 4 is 5.82 Å². The molecule has 1 aromatic heterocycles. The van der Waals surface area contributed by atoms with Crippen molar-refractivity contribution in [3.05, 3.63) is 24.2 Å². The Morgan fingerprint density at radius 1 is 1.65 bits per heavy atom. The third-order valence-corrected chi connectivity index (χ3v) is 3.20. The predicted octanol–water partition coefficient (Wildman–Crippen LogP) is 2.28. The summed E-state index contributed by atoms with van der Waals surface area (Å²) < 4.78 is 7.26. The molecule has 17 heavy (non-hydrogen) atoms. The van der Waals surface area contributed by atoms with E-state index in [1.54, 1.807) is 7.11 Å². The van der Waals surface area contributed by atoms with E-state index < -0.39 is 0 Å². The van der Waals surface area contributed by atoms with Crippen molar-refractivity contribution in [3.63, 3.8) is 0 Å². The first-order valence-corrected chi connectivity index (χ1v) is 6.14. The molecule has 2 rings (SSSR count). The molecule has 4 nitrogen and oxygen atoms in total. The summed E-state index contributed by atoms with van der Waals surface area (Å²) in [6, 6.07) is 0. The van der Waals surface area contributed by atoms with E-state index in [1.165, 1.54) is 12.8 Å². The smallest absolute Gasteiger partial charge is 0.127 e. The van der Waals surface area contributed by atoms with Gasteiger partial charge in [-0.1, -0.05) is 13.0 Å². The zero-order valence-corrected chi connectivity index (χ0v) is 10.6. The minimum atomic E-state index is 0.239. The molecule has 1 atom stereocenters. The van der Waals surface area contributed by atoms with Crippen LogP contribution in [0.1, 0.15) is 43.1 Å². The van der Waals surface area contributed by atoms with Crippen LogP contribution in [-0.4, -0.2) is 23.3 Å². The number of allylic oxidation sites excluding steroid dienone is 1. The number of nitrogen functional groups attached to an aromatic ring is 1. The highest BCUT2D eigenvalue weighted by atomic mass is 16.5. The molecule has 0 saturated heterocycles. The second kappa shape index (κ2) is 4.92. The van der Waals surface area contributed by atoms with E-state index in [0.29, 0.717) is 12.5 Å². The Kier molecular flexibility index (Phi) is 3.52. The van der Waals surface area contributed by atoms with Crippen molar-refractivity contribution in [2.45, 2.75) is 38.1 Å². The molecular formula is C13H21N3O. The Bertz CT molecular complexity index is 407. The maximum absolute atomic E-state index is 6.18. The van der Waals surface area contributed by atoms with Gasteiger partial charge < -0.3 is 15.0 Å². The normalized spacial score (nSPS) is 17.1. The number of hydrogen-bond donors (Lipinski definition) is 1. The molecule has 4 heteroatoms. The Hall–Kier alpha value is -1.29. The van der Waals surface area contributed by atoms with E-state index in [2.05, 4.69) is 18.1 Å². The van der Waals surface area contributed by atoms with Crippen LogP contribution in [0.15, 0.2) is 12.7 Å². The van der Waals surface area contributed by atoms with Crippen molar-refractivity contribution in [1.82, 2.24) is 9.55 Å². The summed E-state index contributed by atoms with van der Waals surface area (Å²) in [5.41, 5.74) is 7.15. The molecule has 94 valence electrons. The second-order valence-corrected chi connectivity index (χ2v) is 4.77. The first kappa shape index (κ1) is 12.2. The number of imidazole rings is 1. The minimum Gasteiger partial charge on any atom is -0.384 e. The van der Waals surface area contributed by atoms with E-state index in [0.717, 1.165) is 23.9 Å². The van der Waals surface area contributed by atoms with Gasteiger partial charge in [0.25, 0.3) is 0 Å². The van der Waals surface area contributed by atoms with Gasteiger partial charge >= 0.3 is 0 Å². The molecule has 1 fully saturated rings. The third kappa shape index (κ3) is 2.36. The average Bonchev–Trinajstić information content (AvgIpc) is 3.08. The Morgan fingerprint density at radius 2 is 2.35 bits per heavy atom. The lowest BCUT2D eigenvalue weighted by atomic mass is 10.1. The molecule has 1 aliphatic rings. The molecule has 0 amide bonds. The van der Waals surface area contributed by atoms with Crippen LogP contribution in [0.2, 0.25) is 0 Å². The predicted molar refractivity (Wildman–Crippen MR) is 69.1 cm³/mol. The summed E-state index contributed by atoms with van der Waals surface area (Å²) in [7, 11) is 1.70. The molecule has 1 aromatic rings. The van der Waals surface area contributed by atoms with Gasteiger partial charge in [-0.05, 0) is 12.8 Å². The maximum atomic E-state index is 6.18. The van der Waals surface area contributed by atoms with Crippen molar-refractivity contribution < 1.29 is 4.74 Å². The number of ether oxygens (including phenoxy) is 1. The molecule has 0 bridgehead atoms. The summed E-state index contributed by atoms with van der Waals surface area (Å²) in [4.78, 5) is 4.72. The van der Waals surface area contributed by atoms with Gasteiger partial charge in [0.1, 0.15) is 11.6 Å². The number of anilines is 1. The maximum Gasteiger partial charge on any atom is 0.127 e. The molecule has 2 N–H and O–H groups in total. The van der Waals surface area contributed by atoms with Crippen molar-refractivity contribution in [2.75, 3.05) is 19.5 Å². The van der Waals surface area contributed by atoms with Gasteiger partial charge in [-0.2, -0.15) is 0 Å². The topological polar surface area (TPSA) is 53.1 Å².